The van der Waals surface area contributed by atoms with Crippen molar-refractivity contribution >= 4 is 5.69 Å². The van der Waals surface area contributed by atoms with E-state index in [1.54, 1.807) is 0 Å². The van der Waals surface area contributed by atoms with Crippen molar-refractivity contribution in [3.63, 3.8) is 0 Å². The lowest BCUT2D eigenvalue weighted by Gasteiger charge is -2.35. The van der Waals surface area contributed by atoms with E-state index in [0.717, 1.165) is 36.9 Å². The van der Waals surface area contributed by atoms with Crippen molar-refractivity contribution < 1.29 is 5.11 Å². The lowest BCUT2D eigenvalue weighted by Crippen LogP contribution is -2.36. The van der Waals surface area contributed by atoms with Gasteiger partial charge in [0.1, 0.15) is 6.07 Å². The molecule has 0 amide bonds. The molecule has 1 saturated carbocycles. The lowest BCUT2D eigenvalue weighted by molar-refractivity contribution is 0.122. The second kappa shape index (κ2) is 5.20. The van der Waals surface area contributed by atoms with Gasteiger partial charge in [0.2, 0.25) is 0 Å². The predicted octanol–water partition coefficient (Wildman–Crippen LogP) is 2.30. The maximum atomic E-state index is 9.51. The number of aliphatic hydroxyl groups excluding tert-OH is 1. The Bertz CT molecular complexity index is 416. The number of para-hydroxylation sites is 1. The Balaban J connectivity index is 2.14. The summed E-state index contributed by atoms with van der Waals surface area (Å²) in [4.78, 5) is 2.18. The molecule has 0 radical (unpaired) electrons. The van der Waals surface area contributed by atoms with E-state index in [2.05, 4.69) is 11.0 Å². The topological polar surface area (TPSA) is 47.3 Å². The number of aliphatic hydroxyl groups is 1. The van der Waals surface area contributed by atoms with Crippen LogP contribution in [0.15, 0.2) is 24.3 Å². The Hall–Kier alpha value is -1.53. The summed E-state index contributed by atoms with van der Waals surface area (Å²) < 4.78 is 0. The Morgan fingerprint density at radius 2 is 1.88 bits per heavy atom. The SMILES string of the molecule is CN(c1ccccc1C#N)C1CCC(O)CC1. The third-order valence-corrected chi connectivity index (χ3v) is 3.62. The average Bonchev–Trinajstić information content (AvgIpc) is 2.39. The maximum Gasteiger partial charge on any atom is 0.101 e. The van der Waals surface area contributed by atoms with E-state index in [-0.39, 0.29) is 6.10 Å². The number of nitriles is 1. The van der Waals surface area contributed by atoms with Crippen LogP contribution in [0.5, 0.6) is 0 Å². The van der Waals surface area contributed by atoms with Crippen molar-refractivity contribution in [2.45, 2.75) is 37.8 Å². The van der Waals surface area contributed by atoms with E-state index in [1.165, 1.54) is 0 Å². The minimum Gasteiger partial charge on any atom is -0.393 e. The molecular weight excluding hydrogens is 212 g/mol. The average molecular weight is 230 g/mol. The zero-order valence-corrected chi connectivity index (χ0v) is 10.1. The van der Waals surface area contributed by atoms with E-state index in [1.807, 2.05) is 31.3 Å². The monoisotopic (exact) mass is 230 g/mol. The second-order valence-electron chi connectivity index (χ2n) is 4.70. The summed E-state index contributed by atoms with van der Waals surface area (Å²) in [6, 6.07) is 10.4. The Morgan fingerprint density at radius 1 is 1.24 bits per heavy atom. The molecule has 1 N–H and O–H groups in total. The highest BCUT2D eigenvalue weighted by Gasteiger charge is 2.23. The number of hydrogen-bond acceptors (Lipinski definition) is 3. The Kier molecular flexibility index (Phi) is 3.65. The lowest BCUT2D eigenvalue weighted by atomic mass is 9.91. The fourth-order valence-corrected chi connectivity index (χ4v) is 2.52. The van der Waals surface area contributed by atoms with E-state index < -0.39 is 0 Å². The molecule has 0 bridgehead atoms. The molecule has 90 valence electrons. The Labute approximate surface area is 102 Å². The minimum atomic E-state index is -0.133. The van der Waals surface area contributed by atoms with Gasteiger partial charge in [0.05, 0.1) is 17.4 Å². The summed E-state index contributed by atoms with van der Waals surface area (Å²) in [6.45, 7) is 0. The van der Waals surface area contributed by atoms with E-state index in [4.69, 9.17) is 5.26 Å². The molecule has 1 aromatic carbocycles. The van der Waals surface area contributed by atoms with Crippen LogP contribution in [0.3, 0.4) is 0 Å². The molecule has 0 saturated heterocycles. The first-order valence-electron chi connectivity index (χ1n) is 6.12. The molecule has 0 spiro atoms. The first-order chi connectivity index (χ1) is 8.22. The second-order valence-corrected chi connectivity index (χ2v) is 4.70. The van der Waals surface area contributed by atoms with Gasteiger partial charge >= 0.3 is 0 Å². The van der Waals surface area contributed by atoms with Gasteiger partial charge in [-0.25, -0.2) is 0 Å². The van der Waals surface area contributed by atoms with Crippen LogP contribution < -0.4 is 4.90 Å². The number of hydrogen-bond donors (Lipinski definition) is 1. The molecule has 1 aliphatic rings. The van der Waals surface area contributed by atoms with Crippen molar-refractivity contribution in [2.24, 2.45) is 0 Å². The summed E-state index contributed by atoms with van der Waals surface area (Å²) >= 11 is 0. The van der Waals surface area contributed by atoms with E-state index >= 15 is 0 Å². The molecule has 1 aliphatic carbocycles. The molecule has 0 heterocycles. The molecule has 0 unspecified atom stereocenters. The number of anilines is 1. The van der Waals surface area contributed by atoms with Gasteiger partial charge in [-0.15, -0.1) is 0 Å². The van der Waals surface area contributed by atoms with Crippen LogP contribution in [0.1, 0.15) is 31.2 Å². The summed E-state index contributed by atoms with van der Waals surface area (Å²) in [5.74, 6) is 0. The van der Waals surface area contributed by atoms with Gasteiger partial charge in [-0.3, -0.25) is 0 Å². The van der Waals surface area contributed by atoms with Gasteiger partial charge in [0.15, 0.2) is 0 Å². The van der Waals surface area contributed by atoms with Crippen LogP contribution >= 0.6 is 0 Å². The van der Waals surface area contributed by atoms with Gasteiger partial charge in [-0.05, 0) is 37.8 Å². The highest BCUT2D eigenvalue weighted by molar-refractivity contribution is 5.59. The molecule has 2 rings (SSSR count). The first kappa shape index (κ1) is 11.9. The van der Waals surface area contributed by atoms with E-state index in [0.29, 0.717) is 6.04 Å². The molecule has 0 aliphatic heterocycles. The molecular formula is C14H18N2O. The van der Waals surface area contributed by atoms with Crippen molar-refractivity contribution in [1.82, 2.24) is 0 Å². The zero-order valence-electron chi connectivity index (χ0n) is 10.1. The molecule has 0 atom stereocenters. The molecule has 0 aromatic heterocycles. The van der Waals surface area contributed by atoms with Crippen LogP contribution in [-0.4, -0.2) is 24.3 Å². The van der Waals surface area contributed by atoms with Crippen molar-refractivity contribution in [2.75, 3.05) is 11.9 Å². The molecule has 1 fully saturated rings. The number of benzene rings is 1. The third kappa shape index (κ3) is 2.59. The quantitative estimate of drug-likeness (QED) is 0.848. The van der Waals surface area contributed by atoms with Crippen LogP contribution in [0, 0.1) is 11.3 Å². The van der Waals surface area contributed by atoms with Crippen LogP contribution in [-0.2, 0) is 0 Å². The maximum absolute atomic E-state index is 9.51. The summed E-state index contributed by atoms with van der Waals surface area (Å²) in [5, 5.41) is 18.6. The van der Waals surface area contributed by atoms with E-state index in [9.17, 15) is 5.11 Å². The predicted molar refractivity (Wildman–Crippen MR) is 67.8 cm³/mol. The van der Waals surface area contributed by atoms with Crippen LogP contribution in [0.2, 0.25) is 0 Å². The molecule has 1 aromatic rings. The Morgan fingerprint density at radius 3 is 2.53 bits per heavy atom. The largest absolute Gasteiger partial charge is 0.393 e. The van der Waals surface area contributed by atoms with Crippen molar-refractivity contribution in [1.29, 1.82) is 5.26 Å². The third-order valence-electron chi connectivity index (χ3n) is 3.62. The normalized spacial score (nSPS) is 24.1. The fourth-order valence-electron chi connectivity index (χ4n) is 2.52. The first-order valence-corrected chi connectivity index (χ1v) is 6.12. The van der Waals surface area contributed by atoms with Gasteiger partial charge in [-0.1, -0.05) is 12.1 Å². The van der Waals surface area contributed by atoms with Gasteiger partial charge in [0, 0.05) is 13.1 Å². The summed E-state index contributed by atoms with van der Waals surface area (Å²) in [5.41, 5.74) is 1.72. The van der Waals surface area contributed by atoms with Crippen molar-refractivity contribution in [3.05, 3.63) is 29.8 Å². The van der Waals surface area contributed by atoms with Crippen molar-refractivity contribution in [3.8, 4) is 6.07 Å². The number of rotatable bonds is 2. The summed E-state index contributed by atoms with van der Waals surface area (Å²) in [6.07, 6.45) is 3.59. The smallest absolute Gasteiger partial charge is 0.101 e. The highest BCUT2D eigenvalue weighted by atomic mass is 16.3. The fraction of sp³-hybridized carbons (Fsp3) is 0.500. The highest BCUT2D eigenvalue weighted by Crippen LogP contribution is 2.28. The minimum absolute atomic E-state index is 0.133. The molecule has 17 heavy (non-hydrogen) atoms. The van der Waals surface area contributed by atoms with Crippen LogP contribution in [0.4, 0.5) is 5.69 Å². The molecule has 3 nitrogen and oxygen atoms in total. The van der Waals surface area contributed by atoms with Gasteiger partial charge in [-0.2, -0.15) is 5.26 Å². The van der Waals surface area contributed by atoms with Gasteiger partial charge in [0.25, 0.3) is 0 Å². The molecule has 3 heteroatoms. The van der Waals surface area contributed by atoms with Crippen LogP contribution in [0.25, 0.3) is 0 Å². The van der Waals surface area contributed by atoms with Gasteiger partial charge < -0.3 is 10.0 Å². The number of nitrogens with zero attached hydrogens (tertiary/aromatic N) is 2. The summed E-state index contributed by atoms with van der Waals surface area (Å²) in [7, 11) is 2.04. The standard InChI is InChI=1S/C14H18N2O/c1-16(12-6-8-13(17)9-7-12)14-5-3-2-4-11(14)10-15/h2-5,12-13,17H,6-9H2,1H3. The zero-order chi connectivity index (χ0) is 12.3.